The number of alkyl halides is 3. The summed E-state index contributed by atoms with van der Waals surface area (Å²) >= 11 is 1.58. The molecule has 31 heavy (non-hydrogen) atoms. The van der Waals surface area contributed by atoms with Gasteiger partial charge in [-0.25, -0.2) is 0 Å². The van der Waals surface area contributed by atoms with Crippen molar-refractivity contribution in [3.63, 3.8) is 0 Å². The average molecular weight is 452 g/mol. The van der Waals surface area contributed by atoms with Crippen molar-refractivity contribution in [1.29, 1.82) is 0 Å². The van der Waals surface area contributed by atoms with Gasteiger partial charge in [0.15, 0.2) is 0 Å². The molecular formula is C22H24F3N3O2S. The average Bonchev–Trinajstić information content (AvgIpc) is 3.28. The smallest absolute Gasteiger partial charge is 0.431 e. The van der Waals surface area contributed by atoms with Gasteiger partial charge in [-0.3, -0.25) is 9.79 Å². The zero-order chi connectivity index (χ0) is 22.3. The number of rotatable bonds is 7. The minimum atomic E-state index is -4.54. The molecule has 9 heteroatoms. The Morgan fingerprint density at radius 2 is 1.90 bits per heavy atom. The molecule has 3 N–H and O–H groups in total. The highest BCUT2D eigenvalue weighted by atomic mass is 32.1. The van der Waals surface area contributed by atoms with E-state index in [1.54, 1.807) is 35.6 Å². The molecule has 0 saturated heterocycles. The van der Waals surface area contributed by atoms with Crippen LogP contribution in [0, 0.1) is 0 Å². The minimum Gasteiger partial charge on any atom is -0.492 e. The summed E-state index contributed by atoms with van der Waals surface area (Å²) in [7, 11) is 0. The molecule has 1 saturated carbocycles. The summed E-state index contributed by atoms with van der Waals surface area (Å²) in [6.45, 7) is 0.921. The van der Waals surface area contributed by atoms with E-state index in [4.69, 9.17) is 10.5 Å². The van der Waals surface area contributed by atoms with Crippen molar-refractivity contribution in [2.75, 3.05) is 13.2 Å². The van der Waals surface area contributed by atoms with Crippen molar-refractivity contribution in [2.45, 2.75) is 38.4 Å². The van der Waals surface area contributed by atoms with Crippen LogP contribution in [0.1, 0.15) is 40.9 Å². The number of hydrogen-bond donors (Lipinski definition) is 2. The van der Waals surface area contributed by atoms with Crippen LogP contribution in [0.3, 0.4) is 0 Å². The van der Waals surface area contributed by atoms with Gasteiger partial charge in [0.25, 0.3) is 5.91 Å². The molecule has 0 bridgehead atoms. The van der Waals surface area contributed by atoms with Crippen LogP contribution in [0.15, 0.2) is 58.0 Å². The highest BCUT2D eigenvalue weighted by Crippen LogP contribution is 2.30. The Hall–Kier alpha value is -2.81. The van der Waals surface area contributed by atoms with E-state index in [-0.39, 0.29) is 24.6 Å². The van der Waals surface area contributed by atoms with Crippen LogP contribution in [0.2, 0.25) is 0 Å². The number of nitrogens with zero attached hydrogens (tertiary/aromatic N) is 1. The van der Waals surface area contributed by atoms with Crippen molar-refractivity contribution < 1.29 is 22.7 Å². The molecule has 2 aromatic rings. The number of allylic oxidation sites excluding steroid dienone is 2. The van der Waals surface area contributed by atoms with E-state index < -0.39 is 11.9 Å². The van der Waals surface area contributed by atoms with Crippen molar-refractivity contribution in [3.05, 3.63) is 63.5 Å². The largest absolute Gasteiger partial charge is 0.492 e. The predicted octanol–water partition coefficient (Wildman–Crippen LogP) is 4.85. The van der Waals surface area contributed by atoms with Crippen molar-refractivity contribution in [2.24, 2.45) is 10.7 Å². The maximum absolute atomic E-state index is 12.9. The lowest BCUT2D eigenvalue weighted by atomic mass is 9.91. The quantitative estimate of drug-likeness (QED) is 0.591. The predicted molar refractivity (Wildman–Crippen MR) is 115 cm³/mol. The molecule has 5 nitrogen and oxygen atoms in total. The molecule has 0 radical (unpaired) electrons. The van der Waals surface area contributed by atoms with Crippen LogP contribution in [-0.2, 0) is 6.54 Å². The van der Waals surface area contributed by atoms with Crippen molar-refractivity contribution >= 4 is 23.0 Å². The second-order valence-electron chi connectivity index (χ2n) is 7.06. The summed E-state index contributed by atoms with van der Waals surface area (Å²) in [6.07, 6.45) is -2.29. The number of ether oxygens (including phenoxy) is 1. The summed E-state index contributed by atoms with van der Waals surface area (Å²) < 4.78 is 44.4. The van der Waals surface area contributed by atoms with Crippen LogP contribution in [-0.4, -0.2) is 30.9 Å². The first kappa shape index (κ1) is 22.9. The number of halogens is 3. The molecule has 1 aliphatic carbocycles. The molecule has 0 aliphatic heterocycles. The van der Waals surface area contributed by atoms with E-state index >= 15 is 0 Å². The topological polar surface area (TPSA) is 76.7 Å². The van der Waals surface area contributed by atoms with Gasteiger partial charge in [-0.05, 0) is 61.4 Å². The number of carbonyl (C=O) groups is 1. The SMILES string of the molecule is NC(=C1CCCCC1=NCCOc1ccc(C(=O)NCc2cccs2)cc1)C(F)(F)F. The fourth-order valence-corrected chi connectivity index (χ4v) is 3.90. The van der Waals surface area contributed by atoms with Gasteiger partial charge in [0.2, 0.25) is 0 Å². The maximum atomic E-state index is 12.9. The van der Waals surface area contributed by atoms with Gasteiger partial charge in [-0.15, -0.1) is 11.3 Å². The molecule has 0 spiro atoms. The first-order chi connectivity index (χ1) is 14.8. The van der Waals surface area contributed by atoms with Gasteiger partial charge in [0.05, 0.1) is 13.1 Å². The van der Waals surface area contributed by atoms with Gasteiger partial charge in [-0.1, -0.05) is 6.07 Å². The number of thiophene rings is 1. The first-order valence-electron chi connectivity index (χ1n) is 9.97. The number of nitrogens with one attached hydrogen (secondary N) is 1. The van der Waals surface area contributed by atoms with Crippen LogP contribution in [0.25, 0.3) is 0 Å². The lowest BCUT2D eigenvalue weighted by Crippen LogP contribution is -2.26. The summed E-state index contributed by atoms with van der Waals surface area (Å²) in [6, 6.07) is 10.6. The second kappa shape index (κ2) is 10.5. The highest BCUT2D eigenvalue weighted by molar-refractivity contribution is 7.09. The highest BCUT2D eigenvalue weighted by Gasteiger charge is 2.35. The normalized spacial score (nSPS) is 17.5. The maximum Gasteiger partial charge on any atom is 0.431 e. The van der Waals surface area contributed by atoms with E-state index in [0.717, 1.165) is 11.3 Å². The Morgan fingerprint density at radius 3 is 2.58 bits per heavy atom. The van der Waals surface area contributed by atoms with Gasteiger partial charge in [-0.2, -0.15) is 13.2 Å². The Kier molecular flexibility index (Phi) is 7.73. The van der Waals surface area contributed by atoms with Crippen LogP contribution < -0.4 is 15.8 Å². The number of nitrogens with two attached hydrogens (primary N) is 1. The molecular weight excluding hydrogens is 427 g/mol. The standard InChI is InChI=1S/C22H24F3N3O2S/c23-22(24,25)20(26)18-5-1-2-6-19(18)27-11-12-30-16-9-7-15(8-10-16)21(29)28-14-17-4-3-13-31-17/h3-4,7-10,13H,1-2,5-6,11-12,14,26H2,(H,28,29). The third-order valence-electron chi connectivity index (χ3n) is 4.85. The molecule has 1 amide bonds. The summed E-state index contributed by atoms with van der Waals surface area (Å²) in [5.41, 5.74) is 5.31. The summed E-state index contributed by atoms with van der Waals surface area (Å²) in [5, 5.41) is 4.80. The molecule has 1 aliphatic rings. The third-order valence-corrected chi connectivity index (χ3v) is 5.73. The van der Waals surface area contributed by atoms with Crippen molar-refractivity contribution in [3.8, 4) is 5.75 Å². The Balaban J connectivity index is 1.50. The summed E-state index contributed by atoms with van der Waals surface area (Å²) in [4.78, 5) is 17.6. The zero-order valence-corrected chi connectivity index (χ0v) is 17.7. The van der Waals surface area contributed by atoms with E-state index in [1.807, 2.05) is 17.5 Å². The third kappa shape index (κ3) is 6.58. The number of hydrogen-bond acceptors (Lipinski definition) is 5. The van der Waals surface area contributed by atoms with E-state index in [1.165, 1.54) is 0 Å². The van der Waals surface area contributed by atoms with Gasteiger partial charge in [0.1, 0.15) is 18.1 Å². The molecule has 0 unspecified atom stereocenters. The molecule has 0 atom stereocenters. The molecule has 1 fully saturated rings. The minimum absolute atomic E-state index is 0.108. The van der Waals surface area contributed by atoms with Gasteiger partial charge < -0.3 is 15.8 Å². The van der Waals surface area contributed by atoms with Crippen LogP contribution >= 0.6 is 11.3 Å². The zero-order valence-electron chi connectivity index (χ0n) is 16.9. The monoisotopic (exact) mass is 451 g/mol. The first-order valence-corrected chi connectivity index (χ1v) is 10.9. The fraction of sp³-hybridized carbons (Fsp3) is 0.364. The summed E-state index contributed by atoms with van der Waals surface area (Å²) in [5.74, 6) is 0.384. The van der Waals surface area contributed by atoms with Gasteiger partial charge >= 0.3 is 6.18 Å². The lowest BCUT2D eigenvalue weighted by molar-refractivity contribution is -0.0933. The van der Waals surface area contributed by atoms with E-state index in [0.29, 0.717) is 42.8 Å². The molecule has 166 valence electrons. The number of carbonyl (C=O) groups excluding carboxylic acids is 1. The molecule has 3 rings (SSSR count). The Bertz CT molecular complexity index is 936. The van der Waals surface area contributed by atoms with Crippen molar-refractivity contribution in [1.82, 2.24) is 5.32 Å². The number of benzene rings is 1. The van der Waals surface area contributed by atoms with Gasteiger partial charge in [0, 0.05) is 21.7 Å². The van der Waals surface area contributed by atoms with E-state index in [2.05, 4.69) is 10.3 Å². The Morgan fingerprint density at radius 1 is 1.16 bits per heavy atom. The fourth-order valence-electron chi connectivity index (χ4n) is 3.25. The Labute approximate surface area is 182 Å². The number of amides is 1. The van der Waals surface area contributed by atoms with Crippen LogP contribution in [0.4, 0.5) is 13.2 Å². The number of aliphatic imine (C=N–C) groups is 1. The lowest BCUT2D eigenvalue weighted by Gasteiger charge is -2.21. The molecule has 1 aromatic heterocycles. The molecule has 1 aromatic carbocycles. The van der Waals surface area contributed by atoms with E-state index in [9.17, 15) is 18.0 Å². The second-order valence-corrected chi connectivity index (χ2v) is 8.09. The van der Waals surface area contributed by atoms with Crippen LogP contribution in [0.5, 0.6) is 5.75 Å². The molecule has 1 heterocycles.